The van der Waals surface area contributed by atoms with Crippen molar-refractivity contribution in [3.05, 3.63) is 0 Å². The fraction of sp³-hybridized carbons (Fsp3) is 0.909. The van der Waals surface area contributed by atoms with E-state index in [2.05, 4.69) is 5.32 Å². The van der Waals surface area contributed by atoms with Gasteiger partial charge in [0.25, 0.3) is 0 Å². The van der Waals surface area contributed by atoms with E-state index in [9.17, 15) is 4.79 Å². The molecule has 1 aliphatic rings. The third-order valence-electron chi connectivity index (χ3n) is 2.68. The Morgan fingerprint density at radius 2 is 1.88 bits per heavy atom. The van der Waals surface area contributed by atoms with Crippen LogP contribution in [0.25, 0.3) is 0 Å². The van der Waals surface area contributed by atoms with Gasteiger partial charge >= 0.3 is 6.03 Å². The lowest BCUT2D eigenvalue weighted by molar-refractivity contribution is 0.140. The van der Waals surface area contributed by atoms with Crippen molar-refractivity contribution in [1.82, 2.24) is 10.2 Å². The molecule has 0 aromatic rings. The van der Waals surface area contributed by atoms with Gasteiger partial charge in [-0.15, -0.1) is 0 Å². The van der Waals surface area contributed by atoms with Crippen molar-refractivity contribution in [1.29, 1.82) is 0 Å². The van der Waals surface area contributed by atoms with Gasteiger partial charge in [0.2, 0.25) is 0 Å². The molecule has 1 heterocycles. The molecule has 2 amide bonds. The van der Waals surface area contributed by atoms with Gasteiger partial charge in [0.05, 0.1) is 13.2 Å². The summed E-state index contributed by atoms with van der Waals surface area (Å²) in [7, 11) is 0. The SMILES string of the molecule is NCCOCCNC(=O)N1CCCCCC1. The molecule has 0 aromatic carbocycles. The van der Waals surface area contributed by atoms with Gasteiger partial charge < -0.3 is 20.7 Å². The highest BCUT2D eigenvalue weighted by Crippen LogP contribution is 2.09. The zero-order valence-corrected chi connectivity index (χ0v) is 9.91. The number of nitrogens with two attached hydrogens (primary N) is 1. The highest BCUT2D eigenvalue weighted by molar-refractivity contribution is 5.74. The van der Waals surface area contributed by atoms with E-state index < -0.39 is 0 Å². The lowest BCUT2D eigenvalue weighted by Gasteiger charge is -2.20. The molecule has 5 nitrogen and oxygen atoms in total. The molecule has 0 radical (unpaired) electrons. The summed E-state index contributed by atoms with van der Waals surface area (Å²) in [6.07, 6.45) is 4.72. The van der Waals surface area contributed by atoms with Gasteiger partial charge in [0.1, 0.15) is 0 Å². The van der Waals surface area contributed by atoms with Crippen molar-refractivity contribution in [2.45, 2.75) is 25.7 Å². The first-order chi connectivity index (χ1) is 7.84. The van der Waals surface area contributed by atoms with Crippen LogP contribution >= 0.6 is 0 Å². The summed E-state index contributed by atoms with van der Waals surface area (Å²) in [6.45, 7) is 3.96. The second-order valence-electron chi connectivity index (χ2n) is 4.03. The summed E-state index contributed by atoms with van der Waals surface area (Å²) in [5.41, 5.74) is 5.28. The molecule has 0 atom stereocenters. The van der Waals surface area contributed by atoms with Gasteiger partial charge in [-0.05, 0) is 12.8 Å². The first kappa shape index (κ1) is 13.3. The third-order valence-corrected chi connectivity index (χ3v) is 2.68. The Hall–Kier alpha value is -0.810. The zero-order chi connectivity index (χ0) is 11.6. The average Bonchev–Trinajstić information content (AvgIpc) is 2.57. The molecule has 1 rings (SSSR count). The molecule has 0 aromatic heterocycles. The Morgan fingerprint density at radius 3 is 2.50 bits per heavy atom. The maximum absolute atomic E-state index is 11.7. The molecule has 0 bridgehead atoms. The van der Waals surface area contributed by atoms with E-state index in [0.717, 1.165) is 25.9 Å². The fourth-order valence-corrected chi connectivity index (χ4v) is 1.80. The van der Waals surface area contributed by atoms with Gasteiger partial charge in [-0.1, -0.05) is 12.8 Å². The quantitative estimate of drug-likeness (QED) is 0.676. The predicted molar refractivity (Wildman–Crippen MR) is 63.3 cm³/mol. The lowest BCUT2D eigenvalue weighted by atomic mass is 10.2. The molecule has 16 heavy (non-hydrogen) atoms. The van der Waals surface area contributed by atoms with E-state index in [1.54, 1.807) is 0 Å². The van der Waals surface area contributed by atoms with Crippen LogP contribution in [0.1, 0.15) is 25.7 Å². The fourth-order valence-electron chi connectivity index (χ4n) is 1.80. The summed E-state index contributed by atoms with van der Waals surface area (Å²) in [4.78, 5) is 13.6. The maximum atomic E-state index is 11.7. The van der Waals surface area contributed by atoms with Crippen LogP contribution in [-0.4, -0.2) is 50.3 Å². The molecule has 1 aliphatic heterocycles. The van der Waals surface area contributed by atoms with Crippen molar-refractivity contribution in [3.63, 3.8) is 0 Å². The molecule has 5 heteroatoms. The molecule has 0 saturated carbocycles. The number of nitrogens with zero attached hydrogens (tertiary/aromatic N) is 1. The first-order valence-corrected chi connectivity index (χ1v) is 6.15. The van der Waals surface area contributed by atoms with E-state index in [0.29, 0.717) is 26.3 Å². The van der Waals surface area contributed by atoms with E-state index >= 15 is 0 Å². The van der Waals surface area contributed by atoms with Gasteiger partial charge in [-0.25, -0.2) is 4.79 Å². The molecule has 94 valence electrons. The van der Waals surface area contributed by atoms with Crippen LogP contribution in [0.4, 0.5) is 4.79 Å². The molecule has 0 unspecified atom stereocenters. The van der Waals surface area contributed by atoms with Crippen molar-refractivity contribution in [2.24, 2.45) is 5.73 Å². The number of nitrogens with one attached hydrogen (secondary N) is 1. The number of likely N-dealkylation sites (tertiary alicyclic amines) is 1. The number of hydrogen-bond donors (Lipinski definition) is 2. The molecule has 1 saturated heterocycles. The number of urea groups is 1. The minimum atomic E-state index is 0.0400. The van der Waals surface area contributed by atoms with E-state index in [1.807, 2.05) is 4.90 Å². The van der Waals surface area contributed by atoms with E-state index in [-0.39, 0.29) is 6.03 Å². The summed E-state index contributed by atoms with van der Waals surface area (Å²) >= 11 is 0. The highest BCUT2D eigenvalue weighted by Gasteiger charge is 2.14. The van der Waals surface area contributed by atoms with Gasteiger partial charge in [-0.3, -0.25) is 0 Å². The topological polar surface area (TPSA) is 67.6 Å². The molecule has 0 aliphatic carbocycles. The normalized spacial score (nSPS) is 16.9. The van der Waals surface area contributed by atoms with Gasteiger partial charge in [-0.2, -0.15) is 0 Å². The molecule has 3 N–H and O–H groups in total. The van der Waals surface area contributed by atoms with Crippen LogP contribution in [0.3, 0.4) is 0 Å². The zero-order valence-electron chi connectivity index (χ0n) is 9.91. The van der Waals surface area contributed by atoms with Crippen LogP contribution in [0, 0.1) is 0 Å². The molecular formula is C11H23N3O2. The lowest BCUT2D eigenvalue weighted by Crippen LogP contribution is -2.41. The highest BCUT2D eigenvalue weighted by atomic mass is 16.5. The van der Waals surface area contributed by atoms with E-state index in [4.69, 9.17) is 10.5 Å². The van der Waals surface area contributed by atoms with Crippen LogP contribution < -0.4 is 11.1 Å². The van der Waals surface area contributed by atoms with Crippen LogP contribution in [0.5, 0.6) is 0 Å². The number of ether oxygens (including phenoxy) is 1. The predicted octanol–water partition coefficient (Wildman–Crippen LogP) is 0.547. The minimum absolute atomic E-state index is 0.0400. The van der Waals surface area contributed by atoms with Crippen molar-refractivity contribution in [3.8, 4) is 0 Å². The van der Waals surface area contributed by atoms with Crippen molar-refractivity contribution >= 4 is 6.03 Å². The first-order valence-electron chi connectivity index (χ1n) is 6.15. The van der Waals surface area contributed by atoms with Gasteiger partial charge in [0, 0.05) is 26.2 Å². The maximum Gasteiger partial charge on any atom is 0.317 e. The number of rotatable bonds is 5. The van der Waals surface area contributed by atoms with Crippen molar-refractivity contribution < 1.29 is 9.53 Å². The number of carbonyl (C=O) groups excluding carboxylic acids is 1. The molecule has 1 fully saturated rings. The second kappa shape index (κ2) is 8.35. The Bertz CT molecular complexity index is 192. The average molecular weight is 229 g/mol. The minimum Gasteiger partial charge on any atom is -0.378 e. The molecular weight excluding hydrogens is 206 g/mol. The number of amides is 2. The molecule has 0 spiro atoms. The van der Waals surface area contributed by atoms with Crippen LogP contribution in [-0.2, 0) is 4.74 Å². The Kier molecular flexibility index (Phi) is 6.92. The number of carbonyl (C=O) groups is 1. The van der Waals surface area contributed by atoms with Crippen LogP contribution in [0.15, 0.2) is 0 Å². The standard InChI is InChI=1S/C11H23N3O2/c12-5-9-16-10-6-13-11(15)14-7-3-1-2-4-8-14/h1-10,12H2,(H,13,15). The smallest absolute Gasteiger partial charge is 0.317 e. The van der Waals surface area contributed by atoms with Crippen molar-refractivity contribution in [2.75, 3.05) is 39.4 Å². The summed E-state index contributed by atoms with van der Waals surface area (Å²) in [5.74, 6) is 0. The van der Waals surface area contributed by atoms with Crippen LogP contribution in [0.2, 0.25) is 0 Å². The Morgan fingerprint density at radius 1 is 1.19 bits per heavy atom. The largest absolute Gasteiger partial charge is 0.378 e. The van der Waals surface area contributed by atoms with E-state index in [1.165, 1.54) is 12.8 Å². The second-order valence-corrected chi connectivity index (χ2v) is 4.03. The van der Waals surface area contributed by atoms with Gasteiger partial charge in [0.15, 0.2) is 0 Å². The summed E-state index contributed by atoms with van der Waals surface area (Å²) in [5, 5.41) is 2.86. The Balaban J connectivity index is 2.08. The Labute approximate surface area is 97.3 Å². The number of hydrogen-bond acceptors (Lipinski definition) is 3. The third kappa shape index (κ3) is 5.32. The monoisotopic (exact) mass is 229 g/mol. The summed E-state index contributed by atoms with van der Waals surface area (Å²) in [6, 6.07) is 0.0400. The summed E-state index contributed by atoms with van der Waals surface area (Å²) < 4.78 is 5.19.